The van der Waals surface area contributed by atoms with Crippen LogP contribution in [0.3, 0.4) is 0 Å². The lowest BCUT2D eigenvalue weighted by Gasteiger charge is -1.95. The van der Waals surface area contributed by atoms with Gasteiger partial charge in [-0.1, -0.05) is 0 Å². The SMILES string of the molecule is CCOC(=O)C1CC1.Cc1ccc(C#N)cn1. The molecule has 0 bridgehead atoms. The molecule has 0 amide bonds. The van der Waals surface area contributed by atoms with E-state index in [4.69, 9.17) is 10.00 Å². The topological polar surface area (TPSA) is 63.0 Å². The molecule has 1 aromatic rings. The van der Waals surface area contributed by atoms with E-state index in [1.54, 1.807) is 12.3 Å². The van der Waals surface area contributed by atoms with Crippen LogP contribution in [-0.4, -0.2) is 17.6 Å². The first-order valence-electron chi connectivity index (χ1n) is 5.66. The molecule has 90 valence electrons. The van der Waals surface area contributed by atoms with Crippen molar-refractivity contribution in [1.82, 2.24) is 4.98 Å². The molecule has 0 aliphatic heterocycles. The molecule has 4 nitrogen and oxygen atoms in total. The predicted molar refractivity (Wildman–Crippen MR) is 63.0 cm³/mol. The van der Waals surface area contributed by atoms with Crippen LogP contribution < -0.4 is 0 Å². The summed E-state index contributed by atoms with van der Waals surface area (Å²) in [6.07, 6.45) is 3.65. The summed E-state index contributed by atoms with van der Waals surface area (Å²) in [5.41, 5.74) is 1.55. The Labute approximate surface area is 101 Å². The molecular weight excluding hydrogens is 216 g/mol. The molecular formula is C13H16N2O2. The lowest BCUT2D eigenvalue weighted by molar-refractivity contribution is -0.144. The third-order valence-electron chi connectivity index (χ3n) is 2.24. The predicted octanol–water partition coefficient (Wildman–Crippen LogP) is 2.22. The van der Waals surface area contributed by atoms with E-state index in [2.05, 4.69) is 4.98 Å². The number of nitrogens with zero attached hydrogens (tertiary/aromatic N) is 2. The van der Waals surface area contributed by atoms with Gasteiger partial charge in [0, 0.05) is 11.9 Å². The molecule has 1 fully saturated rings. The van der Waals surface area contributed by atoms with Gasteiger partial charge in [0.15, 0.2) is 0 Å². The number of rotatable bonds is 2. The van der Waals surface area contributed by atoms with Crippen molar-refractivity contribution in [3.8, 4) is 6.07 Å². The van der Waals surface area contributed by atoms with Gasteiger partial charge >= 0.3 is 5.97 Å². The lowest BCUT2D eigenvalue weighted by atomic mass is 10.3. The molecule has 1 aromatic heterocycles. The molecule has 0 N–H and O–H groups in total. The lowest BCUT2D eigenvalue weighted by Crippen LogP contribution is -2.04. The second-order valence-corrected chi connectivity index (χ2v) is 3.83. The number of aryl methyl sites for hydroxylation is 1. The minimum absolute atomic E-state index is 0.00694. The Morgan fingerprint density at radius 1 is 1.59 bits per heavy atom. The van der Waals surface area contributed by atoms with Crippen LogP contribution in [0.25, 0.3) is 0 Å². The van der Waals surface area contributed by atoms with E-state index in [0.29, 0.717) is 12.2 Å². The first kappa shape index (κ1) is 13.2. The highest BCUT2D eigenvalue weighted by Crippen LogP contribution is 2.29. The maximum Gasteiger partial charge on any atom is 0.308 e. The molecule has 0 atom stereocenters. The number of hydrogen-bond acceptors (Lipinski definition) is 4. The van der Waals surface area contributed by atoms with Gasteiger partial charge in [-0.2, -0.15) is 5.26 Å². The Hall–Kier alpha value is -1.89. The maximum absolute atomic E-state index is 10.6. The second kappa shape index (κ2) is 6.64. The number of esters is 1. The highest BCUT2D eigenvalue weighted by Gasteiger charge is 2.30. The zero-order chi connectivity index (χ0) is 12.7. The molecule has 17 heavy (non-hydrogen) atoms. The van der Waals surface area contributed by atoms with Crippen LogP contribution in [0.4, 0.5) is 0 Å². The van der Waals surface area contributed by atoms with Crippen molar-refractivity contribution < 1.29 is 9.53 Å². The van der Waals surface area contributed by atoms with E-state index in [-0.39, 0.29) is 11.9 Å². The zero-order valence-corrected chi connectivity index (χ0v) is 10.1. The van der Waals surface area contributed by atoms with Crippen LogP contribution in [0.15, 0.2) is 18.3 Å². The number of hydrogen-bond donors (Lipinski definition) is 0. The van der Waals surface area contributed by atoms with Gasteiger partial charge in [-0.3, -0.25) is 9.78 Å². The van der Waals surface area contributed by atoms with Crippen molar-refractivity contribution in [1.29, 1.82) is 5.26 Å². The highest BCUT2D eigenvalue weighted by atomic mass is 16.5. The van der Waals surface area contributed by atoms with Crippen LogP contribution in [0.5, 0.6) is 0 Å². The Morgan fingerprint density at radius 3 is 2.71 bits per heavy atom. The van der Waals surface area contributed by atoms with Crippen LogP contribution in [-0.2, 0) is 9.53 Å². The fourth-order valence-electron chi connectivity index (χ4n) is 1.11. The van der Waals surface area contributed by atoms with Crippen molar-refractivity contribution in [2.45, 2.75) is 26.7 Å². The molecule has 0 unspecified atom stereocenters. The molecule has 0 spiro atoms. The Morgan fingerprint density at radius 2 is 2.29 bits per heavy atom. The van der Waals surface area contributed by atoms with Crippen molar-refractivity contribution >= 4 is 5.97 Å². The number of carbonyl (C=O) groups excluding carboxylic acids is 1. The number of carbonyl (C=O) groups is 1. The summed E-state index contributed by atoms with van der Waals surface area (Å²) in [5, 5.41) is 8.34. The van der Waals surface area contributed by atoms with Gasteiger partial charge in [0.2, 0.25) is 0 Å². The number of aromatic nitrogens is 1. The maximum atomic E-state index is 10.6. The van der Waals surface area contributed by atoms with E-state index in [0.717, 1.165) is 18.5 Å². The molecule has 0 radical (unpaired) electrons. The van der Waals surface area contributed by atoms with Gasteiger partial charge in [0.25, 0.3) is 0 Å². The van der Waals surface area contributed by atoms with Crippen LogP contribution in [0.1, 0.15) is 31.0 Å². The number of pyridine rings is 1. The average Bonchev–Trinajstić information content (AvgIpc) is 3.15. The second-order valence-electron chi connectivity index (χ2n) is 3.83. The van der Waals surface area contributed by atoms with Crippen molar-refractivity contribution in [2.24, 2.45) is 5.92 Å². The minimum atomic E-state index is -0.00694. The van der Waals surface area contributed by atoms with Gasteiger partial charge in [0.1, 0.15) is 6.07 Å². The Bertz CT molecular complexity index is 402. The summed E-state index contributed by atoms with van der Waals surface area (Å²) < 4.78 is 4.73. The summed E-state index contributed by atoms with van der Waals surface area (Å²) in [6.45, 7) is 4.25. The molecule has 1 aliphatic carbocycles. The molecule has 0 saturated heterocycles. The van der Waals surface area contributed by atoms with Crippen LogP contribution in [0, 0.1) is 24.2 Å². The Kier molecular flexibility index (Phi) is 5.15. The van der Waals surface area contributed by atoms with E-state index < -0.39 is 0 Å². The molecule has 1 heterocycles. The number of nitriles is 1. The van der Waals surface area contributed by atoms with E-state index in [1.807, 2.05) is 26.0 Å². The molecule has 1 saturated carbocycles. The third-order valence-corrected chi connectivity index (χ3v) is 2.24. The molecule has 1 aliphatic rings. The van der Waals surface area contributed by atoms with E-state index >= 15 is 0 Å². The van der Waals surface area contributed by atoms with Crippen molar-refractivity contribution in [3.05, 3.63) is 29.6 Å². The molecule has 2 rings (SSSR count). The third kappa shape index (κ3) is 5.12. The highest BCUT2D eigenvalue weighted by molar-refractivity contribution is 5.74. The summed E-state index contributed by atoms with van der Waals surface area (Å²) in [6, 6.07) is 5.56. The van der Waals surface area contributed by atoms with E-state index in [1.165, 1.54) is 0 Å². The summed E-state index contributed by atoms with van der Waals surface area (Å²) in [5.74, 6) is 0.252. The van der Waals surface area contributed by atoms with Gasteiger partial charge < -0.3 is 4.74 Å². The van der Waals surface area contributed by atoms with Gasteiger partial charge in [-0.15, -0.1) is 0 Å². The van der Waals surface area contributed by atoms with Gasteiger partial charge in [0.05, 0.1) is 18.1 Å². The normalized spacial score (nSPS) is 13.0. The van der Waals surface area contributed by atoms with Crippen molar-refractivity contribution in [2.75, 3.05) is 6.61 Å². The summed E-state index contributed by atoms with van der Waals surface area (Å²) in [7, 11) is 0. The fraction of sp³-hybridized carbons (Fsp3) is 0.462. The van der Waals surface area contributed by atoms with Crippen LogP contribution >= 0.6 is 0 Å². The quantitative estimate of drug-likeness (QED) is 0.733. The largest absolute Gasteiger partial charge is 0.466 e. The standard InChI is InChI=1S/C7H6N2.C6H10O2/c1-6-2-3-7(4-8)5-9-6;1-2-8-6(7)5-3-4-5/h2-3,5H,1H3;5H,2-4H2,1H3. The Balaban J connectivity index is 0.000000171. The zero-order valence-electron chi connectivity index (χ0n) is 10.1. The monoisotopic (exact) mass is 232 g/mol. The molecule has 4 heteroatoms. The first-order valence-corrected chi connectivity index (χ1v) is 5.66. The fourth-order valence-corrected chi connectivity index (χ4v) is 1.11. The van der Waals surface area contributed by atoms with E-state index in [9.17, 15) is 4.79 Å². The van der Waals surface area contributed by atoms with Crippen molar-refractivity contribution in [3.63, 3.8) is 0 Å². The summed E-state index contributed by atoms with van der Waals surface area (Å²) in [4.78, 5) is 14.5. The first-order chi connectivity index (χ1) is 8.17. The van der Waals surface area contributed by atoms with Gasteiger partial charge in [-0.25, -0.2) is 0 Å². The van der Waals surface area contributed by atoms with Crippen LogP contribution in [0.2, 0.25) is 0 Å². The molecule has 0 aromatic carbocycles. The summed E-state index contributed by atoms with van der Waals surface area (Å²) >= 11 is 0. The average molecular weight is 232 g/mol. The smallest absolute Gasteiger partial charge is 0.308 e. The van der Waals surface area contributed by atoms with Gasteiger partial charge in [-0.05, 0) is 38.8 Å². The number of ether oxygens (including phenoxy) is 1. The minimum Gasteiger partial charge on any atom is -0.466 e.